The minimum Gasteiger partial charge on any atom is -0.322 e. The lowest BCUT2D eigenvalue weighted by Gasteiger charge is -2.09. The first-order chi connectivity index (χ1) is 14.5. The highest BCUT2D eigenvalue weighted by Crippen LogP contribution is 2.19. The highest BCUT2D eigenvalue weighted by atomic mass is 16.2. The lowest BCUT2D eigenvalue weighted by atomic mass is 10.2. The molecule has 0 spiro atoms. The number of nitrogens with zero attached hydrogens (tertiary/aromatic N) is 4. The average molecular weight is 400 g/mol. The molecule has 4 aromatic rings. The first-order valence-corrected chi connectivity index (χ1v) is 9.47. The van der Waals surface area contributed by atoms with Gasteiger partial charge in [-0.25, -0.2) is 9.67 Å². The molecule has 4 rings (SSSR count). The number of amides is 2. The Morgan fingerprint density at radius 3 is 2.23 bits per heavy atom. The van der Waals surface area contributed by atoms with E-state index < -0.39 is 0 Å². The van der Waals surface area contributed by atoms with Crippen LogP contribution in [0.4, 0.5) is 11.4 Å². The minimum atomic E-state index is -0.292. The van der Waals surface area contributed by atoms with E-state index >= 15 is 0 Å². The number of hydrogen-bond donors (Lipinski definition) is 2. The van der Waals surface area contributed by atoms with Gasteiger partial charge in [0.2, 0.25) is 0 Å². The Balaban J connectivity index is 1.49. The molecule has 0 radical (unpaired) electrons. The van der Waals surface area contributed by atoms with Crippen LogP contribution in [0, 0.1) is 0 Å². The first-order valence-electron chi connectivity index (χ1n) is 9.47. The van der Waals surface area contributed by atoms with E-state index in [1.165, 1.54) is 6.20 Å². The molecule has 2 amide bonds. The third kappa shape index (κ3) is 4.02. The zero-order chi connectivity index (χ0) is 21.1. The molecule has 3 heterocycles. The number of carbonyl (C=O) groups is 2. The quantitative estimate of drug-likeness (QED) is 0.529. The number of benzene rings is 1. The van der Waals surface area contributed by atoms with Crippen molar-refractivity contribution in [3.63, 3.8) is 0 Å². The number of rotatable bonds is 5. The zero-order valence-corrected chi connectivity index (χ0v) is 16.5. The van der Waals surface area contributed by atoms with Gasteiger partial charge in [0, 0.05) is 47.0 Å². The summed E-state index contributed by atoms with van der Waals surface area (Å²) >= 11 is 0. The summed E-state index contributed by atoms with van der Waals surface area (Å²) in [4.78, 5) is 33.3. The Morgan fingerprint density at radius 1 is 0.900 bits per heavy atom. The lowest BCUT2D eigenvalue weighted by molar-refractivity contribution is 0.101. The molecular formula is C22H20N6O2. The van der Waals surface area contributed by atoms with Crippen LogP contribution in [0.25, 0.3) is 11.0 Å². The Bertz CT molecular complexity index is 1220. The number of anilines is 2. The summed E-state index contributed by atoms with van der Waals surface area (Å²) in [5, 5.41) is 10.8. The first kappa shape index (κ1) is 19.3. The van der Waals surface area contributed by atoms with Gasteiger partial charge < -0.3 is 10.6 Å². The molecule has 0 saturated carbocycles. The van der Waals surface area contributed by atoms with Crippen molar-refractivity contribution in [2.45, 2.75) is 19.9 Å². The molecule has 8 nitrogen and oxygen atoms in total. The summed E-state index contributed by atoms with van der Waals surface area (Å²) < 4.78 is 1.81. The van der Waals surface area contributed by atoms with Crippen molar-refractivity contribution in [3.8, 4) is 0 Å². The SMILES string of the molecule is CC(C)n1ncc2cc(C(=O)Nc3cccc(NC(=O)c4ccncc4)c3)cnc21. The topological polar surface area (TPSA) is 102 Å². The van der Waals surface area contributed by atoms with Crippen LogP contribution >= 0.6 is 0 Å². The molecule has 30 heavy (non-hydrogen) atoms. The van der Waals surface area contributed by atoms with Crippen molar-refractivity contribution in [2.24, 2.45) is 0 Å². The Kier molecular flexibility index (Phi) is 5.21. The molecule has 0 fully saturated rings. The fourth-order valence-corrected chi connectivity index (χ4v) is 3.03. The predicted octanol–water partition coefficient (Wildman–Crippen LogP) is 3.91. The molecule has 150 valence electrons. The molecule has 1 aromatic carbocycles. The monoisotopic (exact) mass is 400 g/mol. The highest BCUT2D eigenvalue weighted by molar-refractivity contribution is 6.07. The van der Waals surface area contributed by atoms with E-state index in [0.29, 0.717) is 22.5 Å². The number of hydrogen-bond acceptors (Lipinski definition) is 5. The van der Waals surface area contributed by atoms with Crippen LogP contribution < -0.4 is 10.6 Å². The molecule has 2 N–H and O–H groups in total. The molecule has 0 bridgehead atoms. The Hall–Kier alpha value is -4.07. The van der Waals surface area contributed by atoms with Gasteiger partial charge in [-0.05, 0) is 50.2 Å². The normalized spacial score (nSPS) is 10.9. The summed E-state index contributed by atoms with van der Waals surface area (Å²) in [7, 11) is 0. The summed E-state index contributed by atoms with van der Waals surface area (Å²) in [6.45, 7) is 4.05. The number of pyridine rings is 2. The van der Waals surface area contributed by atoms with Gasteiger partial charge in [-0.2, -0.15) is 5.10 Å². The maximum atomic E-state index is 12.7. The molecule has 0 saturated heterocycles. The van der Waals surface area contributed by atoms with Crippen LogP contribution in [-0.2, 0) is 0 Å². The maximum absolute atomic E-state index is 12.7. The van der Waals surface area contributed by atoms with E-state index in [2.05, 4.69) is 25.7 Å². The number of nitrogens with one attached hydrogen (secondary N) is 2. The van der Waals surface area contributed by atoms with Gasteiger partial charge in [-0.3, -0.25) is 14.6 Å². The van der Waals surface area contributed by atoms with Gasteiger partial charge >= 0.3 is 0 Å². The molecule has 3 aromatic heterocycles. The molecule has 0 aliphatic carbocycles. The second-order valence-electron chi connectivity index (χ2n) is 7.04. The summed E-state index contributed by atoms with van der Waals surface area (Å²) in [5.41, 5.74) is 2.80. The predicted molar refractivity (Wildman–Crippen MR) is 114 cm³/mol. The van der Waals surface area contributed by atoms with Crippen molar-refractivity contribution in [2.75, 3.05) is 10.6 Å². The van der Waals surface area contributed by atoms with E-state index in [4.69, 9.17) is 0 Å². The van der Waals surface area contributed by atoms with Crippen molar-refractivity contribution < 1.29 is 9.59 Å². The standard InChI is InChI=1S/C22H20N6O2/c1-14(2)28-20-16(13-25-28)10-17(12-24-20)22(30)27-19-5-3-4-18(11-19)26-21(29)15-6-8-23-9-7-15/h3-14H,1-2H3,(H,26,29)(H,27,30). The molecule has 8 heteroatoms. The molecular weight excluding hydrogens is 380 g/mol. The number of carbonyl (C=O) groups excluding carboxylic acids is 2. The Labute approximate surface area is 173 Å². The second kappa shape index (κ2) is 8.12. The summed E-state index contributed by atoms with van der Waals surface area (Å²) in [5.74, 6) is -0.544. The van der Waals surface area contributed by atoms with E-state index in [1.807, 2.05) is 18.5 Å². The van der Waals surface area contributed by atoms with E-state index in [1.54, 1.807) is 61.1 Å². The number of aromatic nitrogens is 4. The van der Waals surface area contributed by atoms with Crippen molar-refractivity contribution in [1.29, 1.82) is 0 Å². The van der Waals surface area contributed by atoms with Crippen LogP contribution in [0.15, 0.2) is 67.3 Å². The van der Waals surface area contributed by atoms with Crippen molar-refractivity contribution >= 4 is 34.2 Å². The molecule has 0 unspecified atom stereocenters. The molecule has 0 aliphatic rings. The second-order valence-corrected chi connectivity index (χ2v) is 7.04. The largest absolute Gasteiger partial charge is 0.322 e. The smallest absolute Gasteiger partial charge is 0.257 e. The van der Waals surface area contributed by atoms with Gasteiger partial charge in [0.15, 0.2) is 5.65 Å². The summed E-state index contributed by atoms with van der Waals surface area (Å²) in [6, 6.07) is 12.2. The van der Waals surface area contributed by atoms with Gasteiger partial charge in [0.25, 0.3) is 11.8 Å². The van der Waals surface area contributed by atoms with Crippen LogP contribution in [0.1, 0.15) is 40.6 Å². The van der Waals surface area contributed by atoms with Crippen LogP contribution in [0.3, 0.4) is 0 Å². The van der Waals surface area contributed by atoms with Crippen LogP contribution in [0.5, 0.6) is 0 Å². The molecule has 0 atom stereocenters. The zero-order valence-electron chi connectivity index (χ0n) is 16.5. The van der Waals surface area contributed by atoms with Crippen molar-refractivity contribution in [3.05, 3.63) is 78.4 Å². The minimum absolute atomic E-state index is 0.180. The van der Waals surface area contributed by atoms with Crippen LogP contribution in [0.2, 0.25) is 0 Å². The Morgan fingerprint density at radius 2 is 1.57 bits per heavy atom. The fraction of sp³-hybridized carbons (Fsp3) is 0.136. The molecule has 0 aliphatic heterocycles. The average Bonchev–Trinajstić information content (AvgIpc) is 3.18. The van der Waals surface area contributed by atoms with Gasteiger partial charge in [0.05, 0.1) is 11.8 Å². The third-order valence-electron chi connectivity index (χ3n) is 4.51. The lowest BCUT2D eigenvalue weighted by Crippen LogP contribution is -2.14. The van der Waals surface area contributed by atoms with Crippen LogP contribution in [-0.4, -0.2) is 31.6 Å². The number of fused-ring (bicyclic) bond motifs is 1. The van der Waals surface area contributed by atoms with E-state index in [0.717, 1.165) is 11.0 Å². The fourth-order valence-electron chi connectivity index (χ4n) is 3.03. The van der Waals surface area contributed by atoms with Gasteiger partial charge in [-0.1, -0.05) is 6.07 Å². The highest BCUT2D eigenvalue weighted by Gasteiger charge is 2.13. The summed E-state index contributed by atoms with van der Waals surface area (Å²) in [6.07, 6.45) is 6.35. The van der Waals surface area contributed by atoms with E-state index in [9.17, 15) is 9.59 Å². The third-order valence-corrected chi connectivity index (χ3v) is 4.51. The van der Waals surface area contributed by atoms with E-state index in [-0.39, 0.29) is 17.9 Å². The van der Waals surface area contributed by atoms with Crippen molar-refractivity contribution in [1.82, 2.24) is 19.7 Å². The van der Waals surface area contributed by atoms with Gasteiger partial charge in [-0.15, -0.1) is 0 Å². The van der Waals surface area contributed by atoms with Gasteiger partial charge in [0.1, 0.15) is 0 Å². The maximum Gasteiger partial charge on any atom is 0.257 e.